The molecule has 6 N–H and O–H groups in total. The van der Waals surface area contributed by atoms with E-state index in [4.69, 9.17) is 15.6 Å². The molecule has 12 nitrogen and oxygen atoms in total. The maximum absolute atomic E-state index is 12.5. The van der Waals surface area contributed by atoms with E-state index in [1.807, 2.05) is 0 Å². The van der Waals surface area contributed by atoms with Crippen molar-refractivity contribution in [2.45, 2.75) is 43.3 Å². The number of carboxylic acids is 2. The zero-order valence-electron chi connectivity index (χ0n) is 15.4. The molecule has 0 radical (unpaired) electrons. The molecule has 29 heavy (non-hydrogen) atoms. The van der Waals surface area contributed by atoms with Gasteiger partial charge in [-0.15, -0.1) is 11.8 Å². The molecular formula is C16H21N3O9S. The third-order valence-corrected chi connectivity index (χ3v) is 5.73. The topological polar surface area (TPSA) is 197 Å². The predicted molar refractivity (Wildman–Crippen MR) is 96.9 cm³/mol. The van der Waals surface area contributed by atoms with Crippen LogP contribution < -0.4 is 11.1 Å². The van der Waals surface area contributed by atoms with Crippen molar-refractivity contribution in [1.29, 1.82) is 0 Å². The molecule has 160 valence electrons. The Labute approximate surface area is 169 Å². The highest BCUT2D eigenvalue weighted by Gasteiger charge is 2.65. The molecule has 2 aliphatic rings. The van der Waals surface area contributed by atoms with Gasteiger partial charge in [0.1, 0.15) is 23.7 Å². The highest BCUT2D eigenvalue weighted by Crippen LogP contribution is 2.45. The zero-order chi connectivity index (χ0) is 21.9. The Morgan fingerprint density at radius 3 is 2.59 bits per heavy atom. The summed E-state index contributed by atoms with van der Waals surface area (Å²) in [5.74, 6) is -4.91. The van der Waals surface area contributed by atoms with Gasteiger partial charge in [-0.2, -0.15) is 0 Å². The molecule has 2 heterocycles. The number of carbonyl (C=O) groups is 5. The van der Waals surface area contributed by atoms with Crippen molar-refractivity contribution in [2.24, 2.45) is 5.73 Å². The number of aliphatic carboxylic acids is 2. The van der Waals surface area contributed by atoms with Crippen molar-refractivity contribution in [1.82, 2.24) is 10.2 Å². The van der Waals surface area contributed by atoms with Gasteiger partial charge in [0.05, 0.1) is 0 Å². The van der Waals surface area contributed by atoms with Gasteiger partial charge in [-0.1, -0.05) is 0 Å². The van der Waals surface area contributed by atoms with E-state index in [1.165, 1.54) is 0 Å². The summed E-state index contributed by atoms with van der Waals surface area (Å²) in [5, 5.41) is 29.9. The molecule has 2 rings (SSSR count). The number of nitrogens with one attached hydrogen (secondary N) is 1. The normalized spacial score (nSPS) is 24.3. The van der Waals surface area contributed by atoms with E-state index in [9.17, 15) is 34.2 Å². The molecule has 1 saturated heterocycles. The predicted octanol–water partition coefficient (Wildman–Crippen LogP) is -1.81. The Kier molecular flexibility index (Phi) is 6.87. The summed E-state index contributed by atoms with van der Waals surface area (Å²) >= 11 is 1.01. The fourth-order valence-electron chi connectivity index (χ4n) is 2.90. The van der Waals surface area contributed by atoms with Crippen molar-refractivity contribution in [3.8, 4) is 0 Å². The number of nitrogens with two attached hydrogens (primary N) is 1. The van der Waals surface area contributed by atoms with E-state index in [1.54, 1.807) is 0 Å². The molecular weight excluding hydrogens is 410 g/mol. The average Bonchev–Trinajstić information content (AvgIpc) is 2.64. The van der Waals surface area contributed by atoms with Gasteiger partial charge >= 0.3 is 17.9 Å². The summed E-state index contributed by atoms with van der Waals surface area (Å²) in [7, 11) is 0. The number of amides is 2. The van der Waals surface area contributed by atoms with Gasteiger partial charge in [0.2, 0.25) is 5.91 Å². The van der Waals surface area contributed by atoms with Gasteiger partial charge in [0.25, 0.3) is 11.6 Å². The van der Waals surface area contributed by atoms with E-state index < -0.39 is 52.6 Å². The number of β-lactam (4-membered cyclic amide) rings is 1. The fourth-order valence-corrected chi connectivity index (χ4v) is 4.23. The first-order valence-corrected chi connectivity index (χ1v) is 9.59. The fraction of sp³-hybridized carbons (Fsp3) is 0.562. The van der Waals surface area contributed by atoms with E-state index in [0.717, 1.165) is 23.6 Å². The SMILES string of the molecule is CC(=O)OCC1=C(C(=O)O)N2C(=O)[C@@](O)(NC(=O)CCCC(N)C(=O)O)C2SC1. The van der Waals surface area contributed by atoms with Crippen molar-refractivity contribution < 1.29 is 44.0 Å². The van der Waals surface area contributed by atoms with Crippen LogP contribution in [0.4, 0.5) is 0 Å². The molecule has 2 unspecified atom stereocenters. The third-order valence-electron chi connectivity index (χ3n) is 4.35. The van der Waals surface area contributed by atoms with Crippen molar-refractivity contribution in [3.05, 3.63) is 11.3 Å². The largest absolute Gasteiger partial charge is 0.480 e. The Morgan fingerprint density at radius 2 is 2.03 bits per heavy atom. The number of aliphatic hydroxyl groups is 1. The molecule has 0 aliphatic carbocycles. The van der Waals surface area contributed by atoms with E-state index >= 15 is 0 Å². The minimum Gasteiger partial charge on any atom is -0.480 e. The van der Waals surface area contributed by atoms with Gasteiger partial charge in [-0.05, 0) is 12.8 Å². The molecule has 0 aromatic carbocycles. The monoisotopic (exact) mass is 431 g/mol. The van der Waals surface area contributed by atoms with Gasteiger partial charge in [-0.3, -0.25) is 24.1 Å². The smallest absolute Gasteiger partial charge is 0.352 e. The Morgan fingerprint density at radius 1 is 1.38 bits per heavy atom. The second-order valence-corrected chi connectivity index (χ2v) is 7.60. The number of carbonyl (C=O) groups excluding carboxylic acids is 3. The Hall–Kier alpha value is -2.64. The lowest BCUT2D eigenvalue weighted by Crippen LogP contribution is -2.80. The number of hydrogen-bond donors (Lipinski definition) is 5. The lowest BCUT2D eigenvalue weighted by atomic mass is 9.98. The number of hydrogen-bond acceptors (Lipinski definition) is 9. The van der Waals surface area contributed by atoms with Crippen LogP contribution in [0.25, 0.3) is 0 Å². The minimum absolute atomic E-state index is 0.0326. The standard InChI is InChI=1S/C16H21N3O9S/c1-7(20)28-5-8-6-29-15-16(27,14(26)19(15)11(8)13(24)25)18-10(21)4-2-3-9(17)12(22)23/h9,15,27H,2-6,17H2,1H3,(H,18,21)(H,22,23)(H,24,25)/t9?,15?,16-/m0/s1. The van der Waals surface area contributed by atoms with Gasteiger partial charge in [0.15, 0.2) is 0 Å². The second-order valence-electron chi connectivity index (χ2n) is 6.53. The lowest BCUT2D eigenvalue weighted by Gasteiger charge is -2.54. The minimum atomic E-state index is -2.29. The van der Waals surface area contributed by atoms with E-state index in [2.05, 4.69) is 5.32 Å². The second kappa shape index (κ2) is 8.80. The quantitative estimate of drug-likeness (QED) is 0.157. The molecule has 1 fully saturated rings. The number of ether oxygens (including phenoxy) is 1. The van der Waals surface area contributed by atoms with E-state index in [0.29, 0.717) is 0 Å². The summed E-state index contributed by atoms with van der Waals surface area (Å²) < 4.78 is 4.81. The lowest BCUT2D eigenvalue weighted by molar-refractivity contribution is -0.186. The molecule has 0 bridgehead atoms. The number of thioether (sulfide) groups is 1. The van der Waals surface area contributed by atoms with Crippen LogP contribution in [0.1, 0.15) is 26.2 Å². The number of esters is 1. The summed E-state index contributed by atoms with van der Waals surface area (Å²) in [4.78, 5) is 58.6. The van der Waals surface area contributed by atoms with Crippen LogP contribution in [0, 0.1) is 0 Å². The highest BCUT2D eigenvalue weighted by molar-refractivity contribution is 8.00. The van der Waals surface area contributed by atoms with Crippen molar-refractivity contribution >= 4 is 41.5 Å². The molecule has 0 saturated carbocycles. The highest BCUT2D eigenvalue weighted by atomic mass is 32.2. The first kappa shape index (κ1) is 22.6. The van der Waals surface area contributed by atoms with E-state index in [-0.39, 0.29) is 37.2 Å². The Bertz CT molecular complexity index is 784. The molecule has 2 aliphatic heterocycles. The third kappa shape index (κ3) is 4.68. The first-order chi connectivity index (χ1) is 13.5. The molecule has 13 heteroatoms. The van der Waals surface area contributed by atoms with Crippen LogP contribution in [0.2, 0.25) is 0 Å². The summed E-state index contributed by atoms with van der Waals surface area (Å²) in [5.41, 5.74) is 2.85. The van der Waals surface area contributed by atoms with Gasteiger partial charge < -0.3 is 31.1 Å². The van der Waals surface area contributed by atoms with Crippen molar-refractivity contribution in [2.75, 3.05) is 12.4 Å². The molecule has 0 aromatic heterocycles. The van der Waals surface area contributed by atoms with Gasteiger partial charge in [0, 0.05) is 24.7 Å². The number of carboxylic acid groups (broad SMARTS) is 2. The van der Waals surface area contributed by atoms with Crippen LogP contribution in [-0.2, 0) is 28.7 Å². The molecule has 0 spiro atoms. The number of nitrogens with zero attached hydrogens (tertiary/aromatic N) is 1. The van der Waals surface area contributed by atoms with Crippen LogP contribution in [-0.4, -0.2) is 79.4 Å². The van der Waals surface area contributed by atoms with Crippen molar-refractivity contribution in [3.63, 3.8) is 0 Å². The maximum atomic E-state index is 12.5. The number of rotatable bonds is 9. The summed E-state index contributed by atoms with van der Waals surface area (Å²) in [6, 6.07) is -1.13. The summed E-state index contributed by atoms with van der Waals surface area (Å²) in [6.07, 6.45) is -0.0178. The number of fused-ring (bicyclic) bond motifs is 1. The van der Waals surface area contributed by atoms with Crippen LogP contribution in [0.3, 0.4) is 0 Å². The first-order valence-electron chi connectivity index (χ1n) is 8.54. The van der Waals surface area contributed by atoms with Crippen LogP contribution in [0.15, 0.2) is 11.3 Å². The Balaban J connectivity index is 2.05. The average molecular weight is 431 g/mol. The summed E-state index contributed by atoms with van der Waals surface area (Å²) in [6.45, 7) is 0.848. The molecule has 2 amide bonds. The molecule has 0 aromatic rings. The maximum Gasteiger partial charge on any atom is 0.352 e. The molecule has 3 atom stereocenters. The van der Waals surface area contributed by atoms with Gasteiger partial charge in [-0.25, -0.2) is 4.79 Å². The van der Waals surface area contributed by atoms with Crippen LogP contribution >= 0.6 is 11.8 Å². The zero-order valence-corrected chi connectivity index (χ0v) is 16.2. The van der Waals surface area contributed by atoms with Crippen LogP contribution in [0.5, 0.6) is 0 Å².